The summed E-state index contributed by atoms with van der Waals surface area (Å²) in [6.45, 7) is -0.838. The van der Waals surface area contributed by atoms with Crippen molar-refractivity contribution in [3.63, 3.8) is 0 Å². The second-order valence-electron chi connectivity index (χ2n) is 5.04. The Hall–Kier alpha value is -2.73. The quantitative estimate of drug-likeness (QED) is 0.566. The van der Waals surface area contributed by atoms with Crippen molar-refractivity contribution in [2.24, 2.45) is 0 Å². The van der Waals surface area contributed by atoms with Crippen molar-refractivity contribution in [3.8, 4) is 5.75 Å². The zero-order valence-electron chi connectivity index (χ0n) is 13.2. The summed E-state index contributed by atoms with van der Waals surface area (Å²) >= 11 is 0. The average Bonchev–Trinajstić information content (AvgIpc) is 2.60. The molecule has 146 valence electrons. The van der Waals surface area contributed by atoms with E-state index in [1.807, 2.05) is 0 Å². The molecule has 0 bridgehead atoms. The first kappa shape index (κ1) is 20.6. The van der Waals surface area contributed by atoms with E-state index in [1.54, 1.807) is 5.43 Å². The van der Waals surface area contributed by atoms with Gasteiger partial charge in [-0.3, -0.25) is 10.2 Å². The second-order valence-corrected chi connectivity index (χ2v) is 6.69. The van der Waals surface area contributed by atoms with E-state index in [2.05, 4.69) is 0 Å². The van der Waals surface area contributed by atoms with Crippen molar-refractivity contribution in [2.75, 3.05) is 6.61 Å². The third-order valence-electron chi connectivity index (χ3n) is 3.04. The van der Waals surface area contributed by atoms with Gasteiger partial charge < -0.3 is 4.74 Å². The van der Waals surface area contributed by atoms with Crippen LogP contribution >= 0.6 is 0 Å². The van der Waals surface area contributed by atoms with E-state index in [0.717, 1.165) is 18.2 Å². The van der Waals surface area contributed by atoms with Crippen LogP contribution in [0.2, 0.25) is 0 Å². The summed E-state index contributed by atoms with van der Waals surface area (Å²) in [6, 6.07) is 5.37. The lowest BCUT2D eigenvalue weighted by molar-refractivity contribution is -0.137. The average molecular weight is 410 g/mol. The Bertz CT molecular complexity index is 947. The normalized spacial score (nSPS) is 11.9. The Morgan fingerprint density at radius 1 is 1.07 bits per heavy atom. The molecule has 0 fully saturated rings. The molecule has 0 aliphatic rings. The van der Waals surface area contributed by atoms with Crippen LogP contribution in [0.1, 0.15) is 5.56 Å². The number of benzene rings is 2. The molecule has 0 unspecified atom stereocenters. The van der Waals surface area contributed by atoms with Gasteiger partial charge in [-0.1, -0.05) is 6.07 Å². The molecule has 0 saturated heterocycles. The summed E-state index contributed by atoms with van der Waals surface area (Å²) in [7, 11) is -4.62. The van der Waals surface area contributed by atoms with Crippen LogP contribution in [0.4, 0.5) is 22.0 Å². The molecule has 0 radical (unpaired) electrons. The molecule has 0 saturated carbocycles. The maximum Gasteiger partial charge on any atom is 0.416 e. The number of sulfonamides is 1. The van der Waals surface area contributed by atoms with E-state index in [0.29, 0.717) is 24.3 Å². The molecule has 0 atom stereocenters. The van der Waals surface area contributed by atoms with E-state index in [4.69, 9.17) is 4.74 Å². The van der Waals surface area contributed by atoms with E-state index < -0.39 is 50.8 Å². The number of rotatable bonds is 6. The van der Waals surface area contributed by atoms with Gasteiger partial charge in [-0.2, -0.15) is 13.2 Å². The third-order valence-corrected chi connectivity index (χ3v) is 4.30. The Labute approximate surface area is 150 Å². The molecular formula is C15H11F5N2O4S. The lowest BCUT2D eigenvalue weighted by Gasteiger charge is -2.11. The molecule has 0 heterocycles. The number of hydrogen-bond donors (Lipinski definition) is 2. The van der Waals surface area contributed by atoms with Crippen LogP contribution < -0.4 is 15.0 Å². The van der Waals surface area contributed by atoms with Crippen molar-refractivity contribution in [1.29, 1.82) is 0 Å². The third kappa shape index (κ3) is 5.62. The lowest BCUT2D eigenvalue weighted by Crippen LogP contribution is -2.44. The van der Waals surface area contributed by atoms with Crippen molar-refractivity contribution < 1.29 is 39.9 Å². The van der Waals surface area contributed by atoms with Crippen molar-refractivity contribution in [1.82, 2.24) is 10.3 Å². The number of ether oxygens (including phenoxy) is 1. The van der Waals surface area contributed by atoms with Crippen molar-refractivity contribution in [3.05, 3.63) is 59.7 Å². The molecule has 2 N–H and O–H groups in total. The summed E-state index contributed by atoms with van der Waals surface area (Å²) in [5, 5.41) is 0. The molecule has 0 aromatic heterocycles. The predicted octanol–water partition coefficient (Wildman–Crippen LogP) is 2.37. The highest BCUT2D eigenvalue weighted by molar-refractivity contribution is 7.89. The van der Waals surface area contributed by atoms with E-state index in [1.165, 1.54) is 4.83 Å². The summed E-state index contributed by atoms with van der Waals surface area (Å²) in [5.74, 6) is -3.64. The number of hydrazine groups is 1. The molecular weight excluding hydrogens is 399 g/mol. The fraction of sp³-hybridized carbons (Fsp3) is 0.133. The molecule has 6 nitrogen and oxygen atoms in total. The van der Waals surface area contributed by atoms with Gasteiger partial charge in [0.15, 0.2) is 6.61 Å². The zero-order valence-corrected chi connectivity index (χ0v) is 14.0. The van der Waals surface area contributed by atoms with Gasteiger partial charge in [-0.25, -0.2) is 17.2 Å². The van der Waals surface area contributed by atoms with E-state index >= 15 is 0 Å². The molecule has 0 spiro atoms. The summed E-state index contributed by atoms with van der Waals surface area (Å²) < 4.78 is 92.8. The van der Waals surface area contributed by atoms with E-state index in [-0.39, 0.29) is 5.75 Å². The summed E-state index contributed by atoms with van der Waals surface area (Å²) in [6.07, 6.45) is -4.60. The molecule has 0 aliphatic heterocycles. The van der Waals surface area contributed by atoms with Crippen LogP contribution in [0.25, 0.3) is 0 Å². The SMILES string of the molecule is O=C(COc1cccc(C(F)(F)F)c1)NNS(=O)(=O)c1cc(F)ccc1F. The van der Waals surface area contributed by atoms with Crippen molar-refractivity contribution in [2.45, 2.75) is 11.1 Å². The Morgan fingerprint density at radius 3 is 2.44 bits per heavy atom. The largest absolute Gasteiger partial charge is 0.484 e. The zero-order chi connectivity index (χ0) is 20.2. The fourth-order valence-corrected chi connectivity index (χ4v) is 2.76. The van der Waals surface area contributed by atoms with Crippen LogP contribution in [-0.2, 0) is 21.0 Å². The van der Waals surface area contributed by atoms with Crippen LogP contribution in [0.5, 0.6) is 5.75 Å². The number of amides is 1. The van der Waals surface area contributed by atoms with Crippen LogP contribution in [0, 0.1) is 11.6 Å². The van der Waals surface area contributed by atoms with Gasteiger partial charge in [0.05, 0.1) is 5.56 Å². The fourth-order valence-electron chi connectivity index (χ4n) is 1.81. The maximum atomic E-state index is 13.5. The number of carbonyl (C=O) groups is 1. The monoisotopic (exact) mass is 410 g/mol. The molecule has 1 amide bonds. The van der Waals surface area contributed by atoms with Gasteiger partial charge >= 0.3 is 6.18 Å². The Morgan fingerprint density at radius 2 is 1.78 bits per heavy atom. The maximum absolute atomic E-state index is 13.5. The van der Waals surface area contributed by atoms with Crippen LogP contribution in [-0.4, -0.2) is 20.9 Å². The van der Waals surface area contributed by atoms with Crippen LogP contribution in [0.3, 0.4) is 0 Å². The first-order valence-electron chi connectivity index (χ1n) is 7.05. The second kappa shape index (κ2) is 7.88. The summed E-state index contributed by atoms with van der Waals surface area (Å²) in [5.41, 5.74) is 0.672. The molecule has 2 aromatic carbocycles. The van der Waals surface area contributed by atoms with Crippen molar-refractivity contribution >= 4 is 15.9 Å². The predicted molar refractivity (Wildman–Crippen MR) is 81.8 cm³/mol. The Balaban J connectivity index is 1.96. The van der Waals surface area contributed by atoms with Gasteiger partial charge in [0.2, 0.25) is 0 Å². The highest BCUT2D eigenvalue weighted by Gasteiger charge is 2.30. The van der Waals surface area contributed by atoms with Gasteiger partial charge in [0.1, 0.15) is 22.3 Å². The van der Waals surface area contributed by atoms with Crippen LogP contribution in [0.15, 0.2) is 47.4 Å². The van der Waals surface area contributed by atoms with E-state index in [9.17, 15) is 35.2 Å². The number of halogens is 5. The number of alkyl halides is 3. The number of hydrogen-bond acceptors (Lipinski definition) is 4. The smallest absolute Gasteiger partial charge is 0.416 e. The minimum atomic E-state index is -4.62. The lowest BCUT2D eigenvalue weighted by atomic mass is 10.2. The standard InChI is InChI=1S/C15H11F5N2O4S/c16-10-4-5-12(17)13(7-10)27(24,25)22-21-14(23)8-26-11-3-1-2-9(6-11)15(18,19)20/h1-7,22H,8H2,(H,21,23). The first-order chi connectivity index (χ1) is 12.5. The summed E-state index contributed by atoms with van der Waals surface area (Å²) in [4.78, 5) is 12.1. The highest BCUT2D eigenvalue weighted by atomic mass is 32.2. The minimum absolute atomic E-state index is 0.279. The van der Waals surface area contributed by atoms with Gasteiger partial charge in [0.25, 0.3) is 15.9 Å². The number of nitrogens with one attached hydrogen (secondary N) is 2. The molecule has 2 rings (SSSR count). The van der Waals surface area contributed by atoms with Gasteiger partial charge in [-0.05, 0) is 36.4 Å². The Kier molecular flexibility index (Phi) is 6.01. The van der Waals surface area contributed by atoms with Gasteiger partial charge in [-0.15, -0.1) is 4.83 Å². The molecule has 0 aliphatic carbocycles. The molecule has 12 heteroatoms. The molecule has 27 heavy (non-hydrogen) atoms. The first-order valence-corrected chi connectivity index (χ1v) is 8.53. The number of carbonyl (C=O) groups excluding carboxylic acids is 1. The molecule has 2 aromatic rings. The topological polar surface area (TPSA) is 84.5 Å². The minimum Gasteiger partial charge on any atom is -0.484 e. The van der Waals surface area contributed by atoms with Gasteiger partial charge in [0, 0.05) is 0 Å². The highest BCUT2D eigenvalue weighted by Crippen LogP contribution is 2.31.